The van der Waals surface area contributed by atoms with Crippen molar-refractivity contribution in [3.63, 3.8) is 0 Å². The fourth-order valence-electron chi connectivity index (χ4n) is 1.57. The Morgan fingerprint density at radius 2 is 1.88 bits per heavy atom. The van der Waals surface area contributed by atoms with Crippen molar-refractivity contribution < 1.29 is 4.42 Å². The molecule has 0 atom stereocenters. The van der Waals surface area contributed by atoms with E-state index in [0.29, 0.717) is 11.6 Å². The van der Waals surface area contributed by atoms with Crippen LogP contribution < -0.4 is 0 Å². The Kier molecular flexibility index (Phi) is 1.93. The van der Waals surface area contributed by atoms with Gasteiger partial charge in [-0.25, -0.2) is 9.97 Å². The van der Waals surface area contributed by atoms with Gasteiger partial charge in [0.05, 0.1) is 0 Å². The highest BCUT2D eigenvalue weighted by atomic mass is 16.4. The maximum Gasteiger partial charge on any atom is 0.247 e. The molecule has 0 aliphatic heterocycles. The molecular weight excluding hydrogens is 202 g/mol. The number of hydrogen-bond acceptors (Lipinski definition) is 4. The lowest BCUT2D eigenvalue weighted by Gasteiger charge is -1.90. The highest BCUT2D eigenvalue weighted by molar-refractivity contribution is 5.75. The molecule has 0 unspecified atom stereocenters. The largest absolute Gasteiger partial charge is 0.418 e. The summed E-state index contributed by atoms with van der Waals surface area (Å²) in [5, 5.41) is 0. The maximum atomic E-state index is 5.58. The van der Waals surface area contributed by atoms with E-state index in [9.17, 15) is 0 Å². The summed E-state index contributed by atoms with van der Waals surface area (Å²) in [6, 6.07) is 5.64. The number of oxazole rings is 1. The third-order valence-corrected chi connectivity index (χ3v) is 2.43. The summed E-state index contributed by atoms with van der Waals surface area (Å²) in [6.07, 6.45) is 5.15. The lowest BCUT2D eigenvalue weighted by molar-refractivity contribution is 0.607. The molecule has 3 aromatic rings. The summed E-state index contributed by atoms with van der Waals surface area (Å²) in [5.74, 6) is 0.583. The van der Waals surface area contributed by atoms with Crippen LogP contribution in [0.5, 0.6) is 0 Å². The zero-order chi connectivity index (χ0) is 11.0. The van der Waals surface area contributed by atoms with E-state index in [2.05, 4.69) is 15.0 Å². The summed E-state index contributed by atoms with van der Waals surface area (Å²) in [7, 11) is 0. The van der Waals surface area contributed by atoms with Gasteiger partial charge in [0.1, 0.15) is 5.52 Å². The van der Waals surface area contributed by atoms with Gasteiger partial charge < -0.3 is 4.42 Å². The van der Waals surface area contributed by atoms with Gasteiger partial charge in [-0.1, -0.05) is 0 Å². The highest BCUT2D eigenvalue weighted by Gasteiger charge is 2.09. The first-order chi connectivity index (χ1) is 7.84. The molecule has 0 N–H and O–H groups in total. The minimum Gasteiger partial charge on any atom is -0.418 e. The molecule has 0 aliphatic rings. The zero-order valence-electron chi connectivity index (χ0n) is 8.71. The first-order valence-electron chi connectivity index (χ1n) is 4.97. The van der Waals surface area contributed by atoms with E-state index in [-0.39, 0.29) is 0 Å². The van der Waals surface area contributed by atoms with Crippen LogP contribution in [-0.4, -0.2) is 15.0 Å². The predicted octanol–water partition coefficient (Wildman–Crippen LogP) is 2.59. The second-order valence-corrected chi connectivity index (χ2v) is 3.54. The van der Waals surface area contributed by atoms with Gasteiger partial charge in [0.25, 0.3) is 0 Å². The molecule has 0 fully saturated rings. The van der Waals surface area contributed by atoms with Crippen LogP contribution >= 0.6 is 0 Å². The number of fused-ring (bicyclic) bond motifs is 1. The van der Waals surface area contributed by atoms with Gasteiger partial charge in [-0.05, 0) is 30.7 Å². The summed E-state index contributed by atoms with van der Waals surface area (Å²) in [4.78, 5) is 12.5. The Morgan fingerprint density at radius 3 is 2.62 bits per heavy atom. The second-order valence-electron chi connectivity index (χ2n) is 3.54. The summed E-state index contributed by atoms with van der Waals surface area (Å²) in [6.45, 7) is 1.99. The number of hydrogen-bond donors (Lipinski definition) is 0. The monoisotopic (exact) mass is 211 g/mol. The third-order valence-electron chi connectivity index (χ3n) is 2.43. The molecule has 78 valence electrons. The van der Waals surface area contributed by atoms with Crippen LogP contribution in [0, 0.1) is 6.92 Å². The maximum absolute atomic E-state index is 5.58. The van der Waals surface area contributed by atoms with Gasteiger partial charge >= 0.3 is 0 Å². The first kappa shape index (κ1) is 9.03. The van der Waals surface area contributed by atoms with Crippen molar-refractivity contribution in [2.24, 2.45) is 0 Å². The van der Waals surface area contributed by atoms with Crippen LogP contribution in [0.1, 0.15) is 5.56 Å². The van der Waals surface area contributed by atoms with E-state index in [1.54, 1.807) is 18.6 Å². The van der Waals surface area contributed by atoms with E-state index >= 15 is 0 Å². The van der Waals surface area contributed by atoms with Crippen molar-refractivity contribution in [3.8, 4) is 11.5 Å². The normalized spacial score (nSPS) is 10.8. The lowest BCUT2D eigenvalue weighted by atomic mass is 10.2. The van der Waals surface area contributed by atoms with Crippen molar-refractivity contribution >= 4 is 11.2 Å². The Labute approximate surface area is 92.0 Å². The standard InChI is InChI=1S/C12H9N3O/c1-8-2-7-14-12-10(8)15-11(16-12)9-3-5-13-6-4-9/h2-7H,1H3. The van der Waals surface area contributed by atoms with E-state index < -0.39 is 0 Å². The number of aryl methyl sites for hydroxylation is 1. The van der Waals surface area contributed by atoms with Gasteiger partial charge in [0, 0.05) is 24.2 Å². The van der Waals surface area contributed by atoms with Gasteiger partial charge in [-0.3, -0.25) is 4.98 Å². The van der Waals surface area contributed by atoms with E-state index in [0.717, 1.165) is 16.6 Å². The van der Waals surface area contributed by atoms with Crippen molar-refractivity contribution in [2.45, 2.75) is 6.92 Å². The van der Waals surface area contributed by atoms with E-state index in [1.165, 1.54) is 0 Å². The minimum absolute atomic E-state index is 0.576. The van der Waals surface area contributed by atoms with Crippen molar-refractivity contribution in [2.75, 3.05) is 0 Å². The van der Waals surface area contributed by atoms with Gasteiger partial charge in [0.15, 0.2) is 0 Å². The van der Waals surface area contributed by atoms with Crippen LogP contribution in [0.3, 0.4) is 0 Å². The van der Waals surface area contributed by atoms with Gasteiger partial charge in [-0.15, -0.1) is 0 Å². The van der Waals surface area contributed by atoms with Crippen molar-refractivity contribution in [1.82, 2.24) is 15.0 Å². The van der Waals surface area contributed by atoms with Gasteiger partial charge in [0.2, 0.25) is 11.6 Å². The third kappa shape index (κ3) is 1.35. The lowest BCUT2D eigenvalue weighted by Crippen LogP contribution is -1.79. The molecule has 3 heterocycles. The fraction of sp³-hybridized carbons (Fsp3) is 0.0833. The number of aromatic nitrogens is 3. The Hall–Kier alpha value is -2.23. The number of rotatable bonds is 1. The average Bonchev–Trinajstić information content (AvgIpc) is 2.76. The van der Waals surface area contributed by atoms with Crippen LogP contribution in [0.4, 0.5) is 0 Å². The quantitative estimate of drug-likeness (QED) is 0.620. The molecule has 16 heavy (non-hydrogen) atoms. The van der Waals surface area contributed by atoms with Crippen molar-refractivity contribution in [1.29, 1.82) is 0 Å². The molecule has 0 aliphatic carbocycles. The minimum atomic E-state index is 0.576. The zero-order valence-corrected chi connectivity index (χ0v) is 8.71. The van der Waals surface area contributed by atoms with Crippen LogP contribution in [-0.2, 0) is 0 Å². The van der Waals surface area contributed by atoms with E-state index in [1.807, 2.05) is 25.1 Å². The second kappa shape index (κ2) is 3.41. The van der Waals surface area contributed by atoms with Crippen LogP contribution in [0.15, 0.2) is 41.2 Å². The summed E-state index contributed by atoms with van der Waals surface area (Å²) < 4.78 is 5.58. The topological polar surface area (TPSA) is 51.8 Å². The fourth-order valence-corrected chi connectivity index (χ4v) is 1.57. The molecule has 0 radical (unpaired) electrons. The molecule has 0 saturated heterocycles. The molecule has 0 aromatic carbocycles. The predicted molar refractivity (Wildman–Crippen MR) is 59.8 cm³/mol. The van der Waals surface area contributed by atoms with Crippen LogP contribution in [0.25, 0.3) is 22.7 Å². The van der Waals surface area contributed by atoms with Crippen molar-refractivity contribution in [3.05, 3.63) is 42.4 Å². The highest BCUT2D eigenvalue weighted by Crippen LogP contribution is 2.23. The molecule has 0 amide bonds. The Balaban J connectivity index is 2.23. The molecule has 3 rings (SSSR count). The molecular formula is C12H9N3O. The molecule has 0 bridgehead atoms. The first-order valence-corrected chi connectivity index (χ1v) is 4.97. The SMILES string of the molecule is Cc1ccnc2oc(-c3ccncc3)nc12. The van der Waals surface area contributed by atoms with Gasteiger partial charge in [-0.2, -0.15) is 0 Å². The number of pyridine rings is 2. The Bertz CT molecular complexity index is 631. The average molecular weight is 211 g/mol. The Morgan fingerprint density at radius 1 is 1.06 bits per heavy atom. The van der Waals surface area contributed by atoms with Crippen LogP contribution in [0.2, 0.25) is 0 Å². The molecule has 0 spiro atoms. The summed E-state index contributed by atoms with van der Waals surface area (Å²) >= 11 is 0. The molecule has 0 saturated carbocycles. The number of nitrogens with zero attached hydrogens (tertiary/aromatic N) is 3. The van der Waals surface area contributed by atoms with E-state index in [4.69, 9.17) is 4.42 Å². The molecule has 4 nitrogen and oxygen atoms in total. The molecule has 3 aromatic heterocycles. The summed E-state index contributed by atoms with van der Waals surface area (Å²) in [5.41, 5.74) is 3.36. The molecule has 4 heteroatoms. The smallest absolute Gasteiger partial charge is 0.247 e.